The fourth-order valence-corrected chi connectivity index (χ4v) is 3.87. The number of aromatic nitrogens is 6. The third kappa shape index (κ3) is 2.73. The molecule has 0 saturated carbocycles. The Labute approximate surface area is 155 Å². The first kappa shape index (κ1) is 18.1. The number of hydrogen-bond donors (Lipinski definition) is 1. The molecule has 0 spiro atoms. The van der Waals surface area contributed by atoms with E-state index in [9.17, 15) is 26.9 Å². The van der Waals surface area contributed by atoms with E-state index in [1.54, 1.807) is 0 Å². The number of aromatic amines is 1. The third-order valence-electron chi connectivity index (χ3n) is 4.34. The van der Waals surface area contributed by atoms with E-state index in [4.69, 9.17) is 0 Å². The number of fused-ring (bicyclic) bond motifs is 3. The Bertz CT molecular complexity index is 1210. The number of nitrogens with zero attached hydrogens (tertiary/aromatic N) is 6. The molecule has 0 unspecified atom stereocenters. The van der Waals surface area contributed by atoms with Crippen LogP contribution in [0.25, 0.3) is 16.9 Å². The van der Waals surface area contributed by atoms with Crippen molar-refractivity contribution in [2.45, 2.75) is 24.1 Å². The second-order valence-corrected chi connectivity index (χ2v) is 8.01. The summed E-state index contributed by atoms with van der Waals surface area (Å²) in [6.07, 6.45) is 4.79. The van der Waals surface area contributed by atoms with Crippen LogP contribution in [0.1, 0.15) is 22.6 Å². The van der Waals surface area contributed by atoms with Crippen LogP contribution in [0.2, 0.25) is 0 Å². The van der Waals surface area contributed by atoms with Crippen LogP contribution in [0, 0.1) is 11.3 Å². The Morgan fingerprint density at radius 2 is 1.96 bits per heavy atom. The second-order valence-electron chi connectivity index (χ2n) is 6.02. The van der Waals surface area contributed by atoms with Crippen LogP contribution in [-0.2, 0) is 28.4 Å². The lowest BCUT2D eigenvalue weighted by molar-refractivity contribution is -0.0437. The average molecular weight is 409 g/mol. The number of sulfone groups is 1. The van der Waals surface area contributed by atoms with Crippen molar-refractivity contribution in [2.24, 2.45) is 0 Å². The Kier molecular flexibility index (Phi) is 3.96. The predicted octanol–water partition coefficient (Wildman–Crippen LogP) is 1.46. The van der Waals surface area contributed by atoms with E-state index < -0.39 is 21.1 Å². The van der Waals surface area contributed by atoms with Gasteiger partial charge in [0.05, 0.1) is 29.3 Å². The maximum atomic E-state index is 12.7. The number of aryl methyl sites for hydroxylation is 1. The van der Waals surface area contributed by atoms with Gasteiger partial charge in [0.25, 0.3) is 9.84 Å². The molecule has 3 heterocycles. The molecule has 3 aromatic rings. The van der Waals surface area contributed by atoms with Gasteiger partial charge < -0.3 is 0 Å². The first-order chi connectivity index (χ1) is 13.2. The Morgan fingerprint density at radius 1 is 1.25 bits per heavy atom. The second kappa shape index (κ2) is 6.13. The molecule has 3 aromatic heterocycles. The molecule has 0 aromatic carbocycles. The zero-order chi connectivity index (χ0) is 20.1. The van der Waals surface area contributed by atoms with Crippen molar-refractivity contribution in [3.63, 3.8) is 0 Å². The number of nitriles is 1. The van der Waals surface area contributed by atoms with Crippen molar-refractivity contribution in [3.05, 3.63) is 41.4 Å². The van der Waals surface area contributed by atoms with E-state index in [2.05, 4.69) is 25.3 Å². The Balaban J connectivity index is 1.82. The molecule has 0 amide bonds. The van der Waals surface area contributed by atoms with Gasteiger partial charge in [-0.15, -0.1) is 0 Å². The van der Waals surface area contributed by atoms with E-state index in [0.717, 1.165) is 0 Å². The first-order valence-corrected chi connectivity index (χ1v) is 9.51. The maximum absolute atomic E-state index is 12.7. The summed E-state index contributed by atoms with van der Waals surface area (Å²) in [5, 5.41) is 20.4. The standard InChI is InChI=1S/C15H10F3N7O2S/c16-15(17,18)28(26,27)6-11-9-1-2-10-13(14(9)23-22-11)12(3-19)25(24-10)8-4-20-7-21-5-8/h4-5,7H,1-2,6H2,(H,22,23). The number of hydrogen-bond acceptors (Lipinski definition) is 7. The molecule has 1 N–H and O–H groups in total. The summed E-state index contributed by atoms with van der Waals surface area (Å²) in [5.41, 5.74) is -3.50. The Hall–Kier alpha value is -3.27. The first-order valence-electron chi connectivity index (χ1n) is 7.86. The highest BCUT2D eigenvalue weighted by atomic mass is 32.2. The molecule has 0 aliphatic heterocycles. The van der Waals surface area contributed by atoms with Gasteiger partial charge in [0.15, 0.2) is 5.69 Å². The summed E-state index contributed by atoms with van der Waals surface area (Å²) in [4.78, 5) is 7.76. The van der Waals surface area contributed by atoms with Crippen molar-refractivity contribution in [1.29, 1.82) is 5.26 Å². The minimum atomic E-state index is -5.36. The van der Waals surface area contributed by atoms with Crippen LogP contribution >= 0.6 is 0 Å². The van der Waals surface area contributed by atoms with Gasteiger partial charge in [-0.25, -0.2) is 23.1 Å². The molecule has 1 aliphatic rings. The van der Waals surface area contributed by atoms with Gasteiger partial charge in [0.2, 0.25) is 0 Å². The molecular formula is C15H10F3N7O2S. The minimum absolute atomic E-state index is 0.113. The van der Waals surface area contributed by atoms with Crippen LogP contribution in [0.3, 0.4) is 0 Å². The summed E-state index contributed by atoms with van der Waals surface area (Å²) in [6.45, 7) is 0. The van der Waals surface area contributed by atoms with Crippen LogP contribution in [0.15, 0.2) is 18.7 Å². The van der Waals surface area contributed by atoms with E-state index in [1.165, 1.54) is 23.4 Å². The highest BCUT2D eigenvalue weighted by Gasteiger charge is 2.46. The van der Waals surface area contributed by atoms with E-state index >= 15 is 0 Å². The number of nitrogens with one attached hydrogen (secondary N) is 1. The molecule has 0 radical (unpaired) electrons. The minimum Gasteiger partial charge on any atom is -0.281 e. The summed E-state index contributed by atoms with van der Waals surface area (Å²) in [5.74, 6) is -1.24. The predicted molar refractivity (Wildman–Crippen MR) is 87.5 cm³/mol. The van der Waals surface area contributed by atoms with E-state index in [-0.39, 0.29) is 23.5 Å². The van der Waals surface area contributed by atoms with Crippen molar-refractivity contribution in [1.82, 2.24) is 29.9 Å². The molecule has 13 heteroatoms. The molecule has 0 atom stereocenters. The SMILES string of the molecule is N#Cc1c2c(nn1-c1cncnc1)CCc1c-2n[nH]c1CS(=O)(=O)C(F)(F)F. The maximum Gasteiger partial charge on any atom is 0.497 e. The van der Waals surface area contributed by atoms with Crippen LogP contribution < -0.4 is 0 Å². The lowest BCUT2D eigenvalue weighted by Gasteiger charge is -2.12. The monoisotopic (exact) mass is 409 g/mol. The van der Waals surface area contributed by atoms with Gasteiger partial charge in [-0.05, 0) is 12.8 Å². The average Bonchev–Trinajstić information content (AvgIpc) is 3.22. The van der Waals surface area contributed by atoms with Gasteiger partial charge in [-0.3, -0.25) is 5.10 Å². The lowest BCUT2D eigenvalue weighted by Crippen LogP contribution is -2.25. The van der Waals surface area contributed by atoms with Crippen LogP contribution in [0.5, 0.6) is 0 Å². The molecular weight excluding hydrogens is 399 g/mol. The normalized spacial score (nSPS) is 13.6. The molecule has 0 bridgehead atoms. The molecule has 4 rings (SSSR count). The summed E-state index contributed by atoms with van der Waals surface area (Å²) in [6, 6.07) is 2.02. The van der Waals surface area contributed by atoms with E-state index in [0.29, 0.717) is 28.9 Å². The quantitative estimate of drug-likeness (QED) is 0.693. The third-order valence-corrected chi connectivity index (χ3v) is 5.72. The molecule has 0 saturated heterocycles. The smallest absolute Gasteiger partial charge is 0.281 e. The fraction of sp³-hybridized carbons (Fsp3) is 0.267. The zero-order valence-corrected chi connectivity index (χ0v) is 14.7. The molecule has 144 valence electrons. The zero-order valence-electron chi connectivity index (χ0n) is 13.9. The van der Waals surface area contributed by atoms with Crippen LogP contribution in [-0.4, -0.2) is 43.9 Å². The lowest BCUT2D eigenvalue weighted by atomic mass is 9.92. The topological polar surface area (TPSA) is 130 Å². The highest BCUT2D eigenvalue weighted by molar-refractivity contribution is 7.91. The van der Waals surface area contributed by atoms with E-state index in [1.807, 2.05) is 6.07 Å². The molecule has 28 heavy (non-hydrogen) atoms. The summed E-state index contributed by atoms with van der Waals surface area (Å²) >= 11 is 0. The number of halogens is 3. The summed E-state index contributed by atoms with van der Waals surface area (Å²) in [7, 11) is -5.36. The number of H-pyrrole nitrogens is 1. The summed E-state index contributed by atoms with van der Waals surface area (Å²) < 4.78 is 62.5. The highest BCUT2D eigenvalue weighted by Crippen LogP contribution is 2.38. The number of rotatable bonds is 3. The van der Waals surface area contributed by atoms with Crippen molar-refractivity contribution in [2.75, 3.05) is 0 Å². The molecule has 0 fully saturated rings. The van der Waals surface area contributed by atoms with Gasteiger partial charge >= 0.3 is 5.51 Å². The van der Waals surface area contributed by atoms with Gasteiger partial charge in [-0.2, -0.15) is 28.6 Å². The number of alkyl halides is 3. The molecule has 9 nitrogen and oxygen atoms in total. The van der Waals surface area contributed by atoms with Crippen LogP contribution in [0.4, 0.5) is 13.2 Å². The fourth-order valence-electron chi connectivity index (χ4n) is 3.09. The molecule has 1 aliphatic carbocycles. The van der Waals surface area contributed by atoms with Gasteiger partial charge in [0.1, 0.15) is 29.5 Å². The van der Waals surface area contributed by atoms with Crippen molar-refractivity contribution in [3.8, 4) is 23.0 Å². The Morgan fingerprint density at radius 3 is 2.61 bits per heavy atom. The van der Waals surface area contributed by atoms with Gasteiger partial charge in [-0.1, -0.05) is 0 Å². The van der Waals surface area contributed by atoms with Crippen molar-refractivity contribution < 1.29 is 21.6 Å². The largest absolute Gasteiger partial charge is 0.497 e. The van der Waals surface area contributed by atoms with Gasteiger partial charge in [0, 0.05) is 5.56 Å². The van der Waals surface area contributed by atoms with Crippen molar-refractivity contribution >= 4 is 9.84 Å².